The molecule has 0 radical (unpaired) electrons. The standard InChI is InChI=1S/2C8H17N.C8H14O4.3CH4/c2*1-3-7-5-9-6-8(7)4-2;1-7(9)12-6-4-2-3-5-8(10)11;;;/h2*7-9H,3-6H2,1-2H3;2-6H2,1H3,(H,10,11);3*1H4. The average Bonchev–Trinajstić information content (AvgIpc) is 3.39. The van der Waals surface area contributed by atoms with Gasteiger partial charge in [-0.1, -0.05) is 62.8 Å². The second-order valence-electron chi connectivity index (χ2n) is 8.61. The number of quaternary nitrogens is 1. The third-order valence-electron chi connectivity index (χ3n) is 6.51. The molecule has 33 heavy (non-hydrogen) atoms. The van der Waals surface area contributed by atoms with E-state index in [4.69, 9.17) is 0 Å². The molecule has 0 spiro atoms. The second kappa shape index (κ2) is 25.5. The number of unbranched alkanes of at least 4 members (excludes halogenated alkanes) is 2. The van der Waals surface area contributed by atoms with Crippen molar-refractivity contribution in [2.45, 2.75) is 108 Å². The smallest absolute Gasteiger partial charge is 0.302 e. The number of carboxylic acid groups (broad SMARTS) is 1. The highest BCUT2D eigenvalue weighted by molar-refractivity contribution is 5.65. The van der Waals surface area contributed by atoms with Crippen molar-refractivity contribution in [2.75, 3.05) is 32.8 Å². The maximum atomic E-state index is 10.3. The van der Waals surface area contributed by atoms with E-state index in [9.17, 15) is 14.7 Å². The predicted octanol–water partition coefficient (Wildman–Crippen LogP) is 4.03. The predicted molar refractivity (Wildman–Crippen MR) is 140 cm³/mol. The number of hydrogen-bond donors (Lipinski definition) is 2. The zero-order valence-electron chi connectivity index (χ0n) is 20.2. The summed E-state index contributed by atoms with van der Waals surface area (Å²) in [5.41, 5.74) is 0. The molecular formula is C27H60N2O4. The minimum absolute atomic E-state index is 0. The fourth-order valence-corrected chi connectivity index (χ4v) is 4.42. The normalized spacial score (nSPS) is 22.7. The number of nitrogens with one attached hydrogen (secondary N) is 1. The Labute approximate surface area is 207 Å². The summed E-state index contributed by atoms with van der Waals surface area (Å²) in [6.07, 6.45) is 7.61. The molecule has 0 amide bonds. The van der Waals surface area contributed by atoms with Crippen molar-refractivity contribution in [3.8, 4) is 0 Å². The molecule has 2 fully saturated rings. The zero-order chi connectivity index (χ0) is 22.8. The third-order valence-corrected chi connectivity index (χ3v) is 6.51. The SMILES string of the molecule is C.C.C.CC(=O)OCCCCCC(=O)[O-].CCC1CNCC1CC.CCC1C[NH2+]CC1CC. The monoisotopic (exact) mass is 476 g/mol. The summed E-state index contributed by atoms with van der Waals surface area (Å²) in [6.45, 7) is 16.2. The maximum absolute atomic E-state index is 10.3. The number of rotatable bonds is 10. The van der Waals surface area contributed by atoms with E-state index in [1.54, 1.807) is 0 Å². The van der Waals surface area contributed by atoms with Crippen LogP contribution in [0.3, 0.4) is 0 Å². The molecule has 0 aliphatic carbocycles. The van der Waals surface area contributed by atoms with Gasteiger partial charge < -0.3 is 25.3 Å². The van der Waals surface area contributed by atoms with Gasteiger partial charge in [-0.15, -0.1) is 0 Å². The summed E-state index contributed by atoms with van der Waals surface area (Å²) in [4.78, 5) is 20.2. The Bertz CT molecular complexity index is 386. The van der Waals surface area contributed by atoms with Crippen LogP contribution in [0.25, 0.3) is 0 Å². The Morgan fingerprint density at radius 2 is 1.27 bits per heavy atom. The Morgan fingerprint density at radius 1 is 0.818 bits per heavy atom. The van der Waals surface area contributed by atoms with Crippen LogP contribution >= 0.6 is 0 Å². The lowest BCUT2D eigenvalue weighted by molar-refractivity contribution is -0.640. The number of ether oxygens (including phenoxy) is 1. The molecular weight excluding hydrogens is 416 g/mol. The summed E-state index contributed by atoms with van der Waals surface area (Å²) in [7, 11) is 0. The van der Waals surface area contributed by atoms with Crippen molar-refractivity contribution in [1.29, 1.82) is 0 Å². The van der Waals surface area contributed by atoms with Gasteiger partial charge in [-0.3, -0.25) is 4.79 Å². The quantitative estimate of drug-likeness (QED) is 0.367. The molecule has 6 heteroatoms. The first-order valence-electron chi connectivity index (χ1n) is 12.2. The van der Waals surface area contributed by atoms with Crippen molar-refractivity contribution in [3.05, 3.63) is 0 Å². The fourth-order valence-electron chi connectivity index (χ4n) is 4.42. The Balaban J connectivity index is -0.000000185. The number of esters is 1. The number of aliphatic carboxylic acids is 1. The number of carbonyl (C=O) groups excluding carboxylic acids is 2. The van der Waals surface area contributed by atoms with Gasteiger partial charge in [0.25, 0.3) is 0 Å². The van der Waals surface area contributed by atoms with Crippen molar-refractivity contribution in [3.63, 3.8) is 0 Å². The van der Waals surface area contributed by atoms with Crippen LogP contribution in [0, 0.1) is 23.7 Å². The lowest BCUT2D eigenvalue weighted by Crippen LogP contribution is -2.81. The van der Waals surface area contributed by atoms with E-state index >= 15 is 0 Å². The third kappa shape index (κ3) is 20.0. The van der Waals surface area contributed by atoms with Crippen molar-refractivity contribution < 1.29 is 24.7 Å². The van der Waals surface area contributed by atoms with E-state index in [-0.39, 0.29) is 34.7 Å². The molecule has 4 atom stereocenters. The number of carboxylic acids is 1. The highest BCUT2D eigenvalue weighted by Gasteiger charge is 2.26. The minimum Gasteiger partial charge on any atom is -0.550 e. The second-order valence-corrected chi connectivity index (χ2v) is 8.61. The van der Waals surface area contributed by atoms with E-state index in [0.717, 1.165) is 30.1 Å². The summed E-state index contributed by atoms with van der Waals surface area (Å²) >= 11 is 0. The van der Waals surface area contributed by atoms with Crippen LogP contribution in [0.15, 0.2) is 0 Å². The Morgan fingerprint density at radius 3 is 1.64 bits per heavy atom. The van der Waals surface area contributed by atoms with Crippen LogP contribution in [0.4, 0.5) is 0 Å². The number of carbonyl (C=O) groups is 2. The highest BCUT2D eigenvalue weighted by Crippen LogP contribution is 2.22. The van der Waals surface area contributed by atoms with Crippen molar-refractivity contribution in [1.82, 2.24) is 5.32 Å². The van der Waals surface area contributed by atoms with E-state index in [2.05, 4.69) is 43.1 Å². The van der Waals surface area contributed by atoms with Crippen molar-refractivity contribution in [2.24, 2.45) is 23.7 Å². The lowest BCUT2D eigenvalue weighted by atomic mass is 9.92. The Hall–Kier alpha value is -1.14. The van der Waals surface area contributed by atoms with Gasteiger partial charge in [0, 0.05) is 24.7 Å². The van der Waals surface area contributed by atoms with Crippen LogP contribution in [0.5, 0.6) is 0 Å². The summed E-state index contributed by atoms with van der Waals surface area (Å²) in [5, 5.41) is 15.8. The first-order valence-corrected chi connectivity index (χ1v) is 12.2. The fraction of sp³-hybridized carbons (Fsp3) is 0.926. The molecule has 2 rings (SSSR count). The highest BCUT2D eigenvalue weighted by atomic mass is 16.5. The molecule has 3 N–H and O–H groups in total. The largest absolute Gasteiger partial charge is 0.550 e. The topological polar surface area (TPSA) is 95.1 Å². The van der Waals surface area contributed by atoms with Gasteiger partial charge in [-0.2, -0.15) is 0 Å². The molecule has 4 unspecified atom stereocenters. The molecule has 2 saturated heterocycles. The van der Waals surface area contributed by atoms with E-state index in [0.29, 0.717) is 19.4 Å². The zero-order valence-corrected chi connectivity index (χ0v) is 20.2. The molecule has 2 aliphatic rings. The molecule has 0 aromatic heterocycles. The molecule has 202 valence electrons. The molecule has 0 aromatic rings. The van der Waals surface area contributed by atoms with Crippen LogP contribution in [-0.2, 0) is 14.3 Å². The van der Waals surface area contributed by atoms with Gasteiger partial charge in [0.1, 0.15) is 0 Å². The molecule has 6 nitrogen and oxygen atoms in total. The summed E-state index contributed by atoms with van der Waals surface area (Å²) in [6, 6.07) is 0. The van der Waals surface area contributed by atoms with Crippen LogP contribution in [-0.4, -0.2) is 44.7 Å². The van der Waals surface area contributed by atoms with Crippen LogP contribution in [0.1, 0.15) is 108 Å². The van der Waals surface area contributed by atoms with E-state index in [1.165, 1.54) is 58.8 Å². The van der Waals surface area contributed by atoms with Gasteiger partial charge in [-0.05, 0) is 63.5 Å². The number of hydrogen-bond acceptors (Lipinski definition) is 5. The molecule has 0 bridgehead atoms. The summed E-state index contributed by atoms with van der Waals surface area (Å²) < 4.78 is 4.65. The molecule has 0 saturated carbocycles. The molecule has 0 aromatic carbocycles. The van der Waals surface area contributed by atoms with Gasteiger partial charge in [-0.25, -0.2) is 0 Å². The minimum atomic E-state index is -1.03. The van der Waals surface area contributed by atoms with Crippen LogP contribution < -0.4 is 15.7 Å². The molecule has 2 aliphatic heterocycles. The first-order chi connectivity index (χ1) is 14.4. The Kier molecular flexibility index (Phi) is 30.2. The van der Waals surface area contributed by atoms with E-state index in [1.807, 2.05) is 0 Å². The van der Waals surface area contributed by atoms with Crippen LogP contribution in [0.2, 0.25) is 0 Å². The maximum Gasteiger partial charge on any atom is 0.302 e. The average molecular weight is 477 g/mol. The van der Waals surface area contributed by atoms with Gasteiger partial charge >= 0.3 is 5.97 Å². The number of nitrogens with two attached hydrogens (primary N) is 1. The van der Waals surface area contributed by atoms with Gasteiger partial charge in [0.2, 0.25) is 0 Å². The summed E-state index contributed by atoms with van der Waals surface area (Å²) in [5.74, 6) is 2.66. The van der Waals surface area contributed by atoms with Crippen molar-refractivity contribution >= 4 is 11.9 Å². The first kappa shape index (κ1) is 39.1. The van der Waals surface area contributed by atoms with Gasteiger partial charge in [0.05, 0.1) is 19.7 Å². The lowest BCUT2D eigenvalue weighted by Gasteiger charge is -2.12. The van der Waals surface area contributed by atoms with E-state index < -0.39 is 5.97 Å². The molecule has 2 heterocycles. The van der Waals surface area contributed by atoms with Gasteiger partial charge in [0.15, 0.2) is 0 Å².